The van der Waals surface area contributed by atoms with Gasteiger partial charge < -0.3 is 14.9 Å². The van der Waals surface area contributed by atoms with Crippen molar-refractivity contribution in [2.24, 2.45) is 0 Å². The summed E-state index contributed by atoms with van der Waals surface area (Å²) in [6.45, 7) is 0. The highest BCUT2D eigenvalue weighted by molar-refractivity contribution is 7.14. The van der Waals surface area contributed by atoms with Crippen LogP contribution in [0.2, 0.25) is 0 Å². The highest BCUT2D eigenvalue weighted by atomic mass is 32.1. The van der Waals surface area contributed by atoms with Crippen molar-refractivity contribution in [2.45, 2.75) is 0 Å². The van der Waals surface area contributed by atoms with E-state index in [9.17, 15) is 9.59 Å². The minimum absolute atomic E-state index is 0.116. The number of anilines is 3. The topological polar surface area (TPSA) is 164 Å². The number of benzene rings is 3. The molecule has 0 saturated heterocycles. The van der Waals surface area contributed by atoms with Gasteiger partial charge in [-0.05, 0) is 96.1 Å². The molecular weight excluding hydrogens is 787 g/mol. The number of nitrogens with one attached hydrogen (secondary N) is 2. The van der Waals surface area contributed by atoms with E-state index < -0.39 is 0 Å². The van der Waals surface area contributed by atoms with E-state index in [4.69, 9.17) is 21.0 Å². The molecule has 0 aliphatic carbocycles. The molecule has 9 nitrogen and oxygen atoms in total. The number of aromatic nitrogens is 2. The highest BCUT2D eigenvalue weighted by Gasteiger charge is 2.12. The number of thiazole rings is 2. The van der Waals surface area contributed by atoms with Crippen molar-refractivity contribution < 1.29 is 0 Å². The Morgan fingerprint density at radius 1 is 0.474 bits per heavy atom. The van der Waals surface area contributed by atoms with Crippen LogP contribution in [0.1, 0.15) is 30.6 Å². The summed E-state index contributed by atoms with van der Waals surface area (Å²) >= 11 is 5.24. The minimum Gasteiger partial charge on any atom is -0.311 e. The molecule has 3 aromatic carbocycles. The molecule has 0 spiro atoms. The Kier molecular flexibility index (Phi) is 11.6. The summed E-state index contributed by atoms with van der Waals surface area (Å²) in [6.07, 6.45) is 11.7. The van der Waals surface area contributed by atoms with Crippen molar-refractivity contribution in [1.82, 2.24) is 9.97 Å². The Balaban J connectivity index is 1.06. The van der Waals surface area contributed by atoms with Crippen LogP contribution in [-0.2, 0) is 0 Å². The number of rotatable bonds is 9. The maximum Gasteiger partial charge on any atom is 0.266 e. The van der Waals surface area contributed by atoms with Gasteiger partial charge >= 0.3 is 0 Å². The third-order valence-electron chi connectivity index (χ3n) is 8.27. The lowest BCUT2D eigenvalue weighted by molar-refractivity contribution is 1.25. The van der Waals surface area contributed by atoms with Gasteiger partial charge in [0.15, 0.2) is 11.1 Å². The molecule has 0 aliphatic heterocycles. The summed E-state index contributed by atoms with van der Waals surface area (Å²) in [6, 6.07) is 41.8. The molecule has 0 aliphatic rings. The first-order chi connectivity index (χ1) is 27.8. The fraction of sp³-hybridized carbons (Fsp3) is 0. The first kappa shape index (κ1) is 37.9. The lowest BCUT2D eigenvalue weighted by atomic mass is 10.1. The van der Waals surface area contributed by atoms with Crippen molar-refractivity contribution in [3.8, 4) is 24.3 Å². The quantitative estimate of drug-likeness (QED) is 0.156. The van der Waals surface area contributed by atoms with E-state index in [-0.39, 0.29) is 31.6 Å². The van der Waals surface area contributed by atoms with Gasteiger partial charge in [0.2, 0.25) is 0 Å². The fourth-order valence-corrected chi connectivity index (χ4v) is 9.18. The van der Waals surface area contributed by atoms with E-state index in [1.165, 1.54) is 22.7 Å². The molecule has 57 heavy (non-hydrogen) atoms. The number of hydrogen-bond acceptors (Lipinski definition) is 11. The molecule has 0 atom stereocenters. The van der Waals surface area contributed by atoms with Crippen LogP contribution in [0, 0.1) is 45.3 Å². The maximum absolute atomic E-state index is 12.4. The van der Waals surface area contributed by atoms with Gasteiger partial charge in [0.25, 0.3) is 11.1 Å². The zero-order valence-electron chi connectivity index (χ0n) is 29.5. The van der Waals surface area contributed by atoms with Crippen LogP contribution in [0.3, 0.4) is 0 Å². The van der Waals surface area contributed by atoms with Crippen LogP contribution < -0.4 is 34.4 Å². The summed E-state index contributed by atoms with van der Waals surface area (Å²) in [7, 11) is 0. The summed E-state index contributed by atoms with van der Waals surface area (Å²) in [5, 5.41) is 36.5. The summed E-state index contributed by atoms with van der Waals surface area (Å²) < 4.78 is 1.37. The highest BCUT2D eigenvalue weighted by Crippen LogP contribution is 2.35. The fourth-order valence-electron chi connectivity index (χ4n) is 5.54. The Labute approximate surface area is 341 Å². The van der Waals surface area contributed by atoms with E-state index in [0.29, 0.717) is 9.06 Å². The van der Waals surface area contributed by atoms with Crippen LogP contribution in [0.15, 0.2) is 113 Å². The smallest absolute Gasteiger partial charge is 0.266 e. The zero-order valence-corrected chi connectivity index (χ0v) is 32.7. The average Bonchev–Trinajstić information content (AvgIpc) is 4.04. The lowest BCUT2D eigenvalue weighted by Crippen LogP contribution is -2.19. The van der Waals surface area contributed by atoms with Crippen LogP contribution in [0.25, 0.3) is 47.6 Å². The Bertz CT molecular complexity index is 2990. The Hall–Kier alpha value is -7.36. The Morgan fingerprint density at radius 2 is 0.860 bits per heavy atom. The van der Waals surface area contributed by atoms with Gasteiger partial charge in [-0.25, -0.2) is 0 Å². The predicted molar refractivity (Wildman–Crippen MR) is 232 cm³/mol. The monoisotopic (exact) mass is 811 g/mol. The molecule has 0 amide bonds. The summed E-state index contributed by atoms with van der Waals surface area (Å²) in [4.78, 5) is 35.9. The molecule has 13 heteroatoms. The van der Waals surface area contributed by atoms with Crippen molar-refractivity contribution in [3.63, 3.8) is 0 Å². The summed E-state index contributed by atoms with van der Waals surface area (Å²) in [5.41, 5.74) is 4.16. The first-order valence-electron chi connectivity index (χ1n) is 17.0. The van der Waals surface area contributed by atoms with Gasteiger partial charge in [0.1, 0.15) is 33.6 Å². The normalized spacial score (nSPS) is 11.6. The predicted octanol–water partition coefficient (Wildman–Crippen LogP) is 7.17. The van der Waals surface area contributed by atoms with E-state index in [2.05, 4.69) is 75.5 Å². The third-order valence-corrected chi connectivity index (χ3v) is 12.3. The molecule has 272 valence electrons. The minimum atomic E-state index is -0.332. The van der Waals surface area contributed by atoms with E-state index in [0.717, 1.165) is 70.4 Å². The molecular formula is C44H25N7O2S4. The largest absolute Gasteiger partial charge is 0.311 e. The molecule has 7 aromatic rings. The number of nitrogens with zero attached hydrogens (tertiary/aromatic N) is 5. The van der Waals surface area contributed by atoms with Crippen LogP contribution in [0.5, 0.6) is 0 Å². The van der Waals surface area contributed by atoms with Gasteiger partial charge in [-0.15, -0.1) is 45.3 Å². The van der Waals surface area contributed by atoms with Gasteiger partial charge in [-0.3, -0.25) is 9.59 Å². The molecule has 0 bridgehead atoms. The number of para-hydroxylation sites is 1. The first-order valence-corrected chi connectivity index (χ1v) is 20.2. The van der Waals surface area contributed by atoms with Crippen LogP contribution >= 0.6 is 45.3 Å². The van der Waals surface area contributed by atoms with Crippen molar-refractivity contribution in [1.29, 1.82) is 21.0 Å². The van der Waals surface area contributed by atoms with Gasteiger partial charge in [0.05, 0.1) is 9.06 Å². The molecule has 4 heterocycles. The van der Waals surface area contributed by atoms with Gasteiger partial charge in [0, 0.05) is 36.6 Å². The second-order valence-corrected chi connectivity index (χ2v) is 16.4. The summed E-state index contributed by atoms with van der Waals surface area (Å²) in [5.74, 6) is 0. The van der Waals surface area contributed by atoms with Crippen molar-refractivity contribution >= 4 is 110 Å². The van der Waals surface area contributed by atoms with Crippen LogP contribution in [-0.4, -0.2) is 9.97 Å². The number of thiophene rings is 2. The number of nitriles is 4. The molecule has 4 aromatic heterocycles. The van der Waals surface area contributed by atoms with E-state index >= 15 is 0 Å². The molecule has 0 fully saturated rings. The van der Waals surface area contributed by atoms with E-state index in [1.807, 2.05) is 91.0 Å². The van der Waals surface area contributed by atoms with E-state index in [1.54, 1.807) is 12.2 Å². The molecule has 0 radical (unpaired) electrons. The molecule has 0 unspecified atom stereocenters. The van der Waals surface area contributed by atoms with Crippen molar-refractivity contribution in [3.05, 3.63) is 173 Å². The zero-order chi connectivity index (χ0) is 39.7. The average molecular weight is 812 g/mol. The molecule has 2 N–H and O–H groups in total. The van der Waals surface area contributed by atoms with Gasteiger partial charge in [-0.1, -0.05) is 54.6 Å². The second-order valence-electron chi connectivity index (χ2n) is 12.0. The molecule has 0 saturated carbocycles. The number of hydrogen-bond donors (Lipinski definition) is 2. The maximum atomic E-state index is 12.4. The van der Waals surface area contributed by atoms with Crippen molar-refractivity contribution in [2.75, 3.05) is 4.90 Å². The molecule has 7 rings (SSSR count). The Morgan fingerprint density at radius 3 is 1.26 bits per heavy atom. The second kappa shape index (κ2) is 17.4. The van der Waals surface area contributed by atoms with Gasteiger partial charge in [-0.2, -0.15) is 21.0 Å². The SMILES string of the molecule is N#CC(C#N)=c1[nH]c(=O)/c(=C/c2ccc(/C=C/c3ccc(N(c4ccccc4)c4ccc(/C=C/c5ccc(/C=c6\sc(=C(C#N)C#N)[nH]c6=O)s5)cc4)cc3)s2)s1. The lowest BCUT2D eigenvalue weighted by Gasteiger charge is -2.25. The standard InChI is InChI=1S/C44H25N7O2S4/c45-24-30(25-46)43-49-41(52)39(56-43)22-37-20-18-35(54-37)16-10-28-6-12-33(13-7-28)51(32-4-2-1-3-5-32)34-14-8-29(9-15-34)11-17-36-19-21-38(55-36)23-40-42(53)50-44(57-40)31(26-47)27-48/h1-23H,(H,49,52)(H,50,53)/b16-10+,17-11+,39-22-,40-23-. The third kappa shape index (κ3) is 8.96. The number of H-pyrrole nitrogens is 2. The number of aromatic amines is 2. The van der Waals surface area contributed by atoms with Crippen LogP contribution in [0.4, 0.5) is 17.1 Å².